The average Bonchev–Trinajstić information content (AvgIpc) is 2.21. The van der Waals surface area contributed by atoms with Gasteiger partial charge in [-0.25, -0.2) is 0 Å². The van der Waals surface area contributed by atoms with Crippen LogP contribution >= 0.6 is 0 Å². The molecule has 0 rings (SSSR count). The highest BCUT2D eigenvalue weighted by atomic mass is 16.5. The van der Waals surface area contributed by atoms with E-state index in [2.05, 4.69) is 10.6 Å². The monoisotopic (exact) mass is 204 g/mol. The van der Waals surface area contributed by atoms with Crippen LogP contribution in [0.15, 0.2) is 0 Å². The van der Waals surface area contributed by atoms with Crippen molar-refractivity contribution in [2.45, 2.75) is 12.5 Å². The average molecular weight is 204 g/mol. The summed E-state index contributed by atoms with van der Waals surface area (Å²) in [6, 6.07) is 0. The molecule has 1 atom stereocenters. The van der Waals surface area contributed by atoms with Crippen molar-refractivity contribution in [2.24, 2.45) is 0 Å². The number of carbonyl (C=O) groups excluding carboxylic acids is 1. The molecule has 5 nitrogen and oxygen atoms in total. The molecule has 0 radical (unpaired) electrons. The summed E-state index contributed by atoms with van der Waals surface area (Å²) in [6.07, 6.45) is 0.415. The normalized spacial score (nSPS) is 12.5. The third-order valence-electron chi connectivity index (χ3n) is 1.81. The van der Waals surface area contributed by atoms with Crippen LogP contribution in [0.25, 0.3) is 0 Å². The minimum absolute atomic E-state index is 0.0255. The minimum atomic E-state index is -0.0708. The number of methoxy groups -OCH3 is 2. The van der Waals surface area contributed by atoms with Gasteiger partial charge in [0.25, 0.3) is 0 Å². The second-order valence-corrected chi connectivity index (χ2v) is 2.97. The number of carbonyl (C=O) groups is 1. The molecule has 5 heteroatoms. The first-order chi connectivity index (χ1) is 6.74. The lowest BCUT2D eigenvalue weighted by Crippen LogP contribution is -2.36. The molecule has 0 aromatic carbocycles. The first-order valence-electron chi connectivity index (χ1n) is 4.67. The summed E-state index contributed by atoms with van der Waals surface area (Å²) in [4.78, 5) is 11.2. The van der Waals surface area contributed by atoms with Crippen LogP contribution in [0.3, 0.4) is 0 Å². The fraction of sp³-hybridized carbons (Fsp3) is 0.889. The molecule has 0 saturated heterocycles. The van der Waals surface area contributed by atoms with E-state index in [9.17, 15) is 4.79 Å². The Morgan fingerprint density at radius 2 is 2.14 bits per heavy atom. The molecular weight excluding hydrogens is 184 g/mol. The number of ether oxygens (including phenoxy) is 2. The quantitative estimate of drug-likeness (QED) is 0.553. The zero-order chi connectivity index (χ0) is 10.8. The first-order valence-corrected chi connectivity index (χ1v) is 4.67. The van der Waals surface area contributed by atoms with Gasteiger partial charge in [-0.2, -0.15) is 0 Å². The van der Waals surface area contributed by atoms with E-state index in [0.29, 0.717) is 26.1 Å². The van der Waals surface area contributed by atoms with Gasteiger partial charge in [-0.1, -0.05) is 0 Å². The highest BCUT2D eigenvalue weighted by Crippen LogP contribution is 1.89. The standard InChI is InChI=1S/C9H20N2O3/c1-10-5-4-9(12)11-6-8(14-3)7-13-2/h8,10H,4-7H2,1-3H3,(H,11,12). The van der Waals surface area contributed by atoms with Gasteiger partial charge in [0.2, 0.25) is 5.91 Å². The lowest BCUT2D eigenvalue weighted by Gasteiger charge is -2.14. The second kappa shape index (κ2) is 8.93. The highest BCUT2D eigenvalue weighted by Gasteiger charge is 2.08. The number of hydrogen-bond donors (Lipinski definition) is 2. The zero-order valence-electron chi connectivity index (χ0n) is 9.13. The highest BCUT2D eigenvalue weighted by molar-refractivity contribution is 5.76. The van der Waals surface area contributed by atoms with Crippen molar-refractivity contribution < 1.29 is 14.3 Å². The molecule has 84 valence electrons. The van der Waals surface area contributed by atoms with Crippen LogP contribution in [0.2, 0.25) is 0 Å². The Morgan fingerprint density at radius 1 is 1.43 bits per heavy atom. The van der Waals surface area contributed by atoms with E-state index >= 15 is 0 Å². The molecule has 14 heavy (non-hydrogen) atoms. The van der Waals surface area contributed by atoms with Crippen LogP contribution in [-0.2, 0) is 14.3 Å². The maximum Gasteiger partial charge on any atom is 0.221 e. The lowest BCUT2D eigenvalue weighted by atomic mass is 10.3. The summed E-state index contributed by atoms with van der Waals surface area (Å²) >= 11 is 0. The molecule has 0 spiro atoms. The number of amides is 1. The van der Waals surface area contributed by atoms with Gasteiger partial charge in [0.05, 0.1) is 12.7 Å². The molecule has 0 aromatic rings. The van der Waals surface area contributed by atoms with Crippen molar-refractivity contribution in [1.29, 1.82) is 0 Å². The summed E-state index contributed by atoms with van der Waals surface area (Å²) in [5, 5.41) is 5.68. The predicted octanol–water partition coefficient (Wildman–Crippen LogP) is -0.626. The Bertz CT molecular complexity index is 153. The van der Waals surface area contributed by atoms with Crippen molar-refractivity contribution in [3.05, 3.63) is 0 Å². The van der Waals surface area contributed by atoms with Crippen molar-refractivity contribution in [3.8, 4) is 0 Å². The molecule has 0 bridgehead atoms. The van der Waals surface area contributed by atoms with Crippen LogP contribution in [0.5, 0.6) is 0 Å². The van der Waals surface area contributed by atoms with Crippen LogP contribution < -0.4 is 10.6 Å². The second-order valence-electron chi connectivity index (χ2n) is 2.97. The maximum absolute atomic E-state index is 11.2. The Kier molecular flexibility index (Phi) is 8.51. The van der Waals surface area contributed by atoms with Crippen molar-refractivity contribution >= 4 is 5.91 Å². The zero-order valence-corrected chi connectivity index (χ0v) is 9.13. The van der Waals surface area contributed by atoms with Crippen molar-refractivity contribution in [3.63, 3.8) is 0 Å². The molecule has 0 fully saturated rings. The summed E-state index contributed by atoms with van der Waals surface area (Å²) in [5.74, 6) is 0.0255. The van der Waals surface area contributed by atoms with Crippen LogP contribution in [0.4, 0.5) is 0 Å². The summed E-state index contributed by atoms with van der Waals surface area (Å²) < 4.78 is 10.0. The van der Waals surface area contributed by atoms with Gasteiger partial charge in [0, 0.05) is 33.7 Å². The Hall–Kier alpha value is -0.650. The predicted molar refractivity (Wildman–Crippen MR) is 54.2 cm³/mol. The first kappa shape index (κ1) is 13.4. The van der Waals surface area contributed by atoms with Gasteiger partial charge in [-0.05, 0) is 7.05 Å². The summed E-state index contributed by atoms with van der Waals surface area (Å²) in [6.45, 7) is 1.67. The van der Waals surface area contributed by atoms with E-state index in [-0.39, 0.29) is 12.0 Å². The number of hydrogen-bond acceptors (Lipinski definition) is 4. The van der Waals surface area contributed by atoms with Gasteiger partial charge in [-0.3, -0.25) is 4.79 Å². The van der Waals surface area contributed by atoms with Gasteiger partial charge < -0.3 is 20.1 Å². The van der Waals surface area contributed by atoms with Gasteiger partial charge in [-0.15, -0.1) is 0 Å². The number of nitrogens with one attached hydrogen (secondary N) is 2. The van der Waals surface area contributed by atoms with Crippen LogP contribution in [-0.4, -0.2) is 53.0 Å². The Morgan fingerprint density at radius 3 is 2.64 bits per heavy atom. The Labute approximate surface area is 85.1 Å². The molecule has 1 amide bonds. The molecule has 2 N–H and O–H groups in total. The van der Waals surface area contributed by atoms with E-state index in [0.717, 1.165) is 0 Å². The SMILES string of the molecule is CNCCC(=O)NCC(COC)OC. The molecule has 0 aromatic heterocycles. The summed E-state index contributed by atoms with van der Waals surface area (Å²) in [7, 11) is 5.02. The molecule has 1 unspecified atom stereocenters. The van der Waals surface area contributed by atoms with E-state index < -0.39 is 0 Å². The van der Waals surface area contributed by atoms with E-state index in [4.69, 9.17) is 9.47 Å². The number of rotatable bonds is 8. The van der Waals surface area contributed by atoms with Crippen LogP contribution in [0, 0.1) is 0 Å². The molecular formula is C9H20N2O3. The fourth-order valence-corrected chi connectivity index (χ4v) is 0.951. The smallest absolute Gasteiger partial charge is 0.221 e. The van der Waals surface area contributed by atoms with Gasteiger partial charge in [0.15, 0.2) is 0 Å². The Balaban J connectivity index is 3.52. The third kappa shape index (κ3) is 6.82. The van der Waals surface area contributed by atoms with Gasteiger partial charge in [0.1, 0.15) is 0 Å². The largest absolute Gasteiger partial charge is 0.382 e. The maximum atomic E-state index is 11.2. The van der Waals surface area contributed by atoms with Crippen molar-refractivity contribution in [1.82, 2.24) is 10.6 Å². The lowest BCUT2D eigenvalue weighted by molar-refractivity contribution is -0.121. The van der Waals surface area contributed by atoms with Gasteiger partial charge >= 0.3 is 0 Å². The van der Waals surface area contributed by atoms with E-state index in [1.807, 2.05) is 7.05 Å². The topological polar surface area (TPSA) is 59.6 Å². The summed E-state index contributed by atoms with van der Waals surface area (Å²) in [5.41, 5.74) is 0. The fourth-order valence-electron chi connectivity index (χ4n) is 0.951. The van der Waals surface area contributed by atoms with E-state index in [1.54, 1.807) is 14.2 Å². The van der Waals surface area contributed by atoms with Crippen molar-refractivity contribution in [2.75, 3.05) is 41.0 Å². The molecule has 0 aliphatic rings. The minimum Gasteiger partial charge on any atom is -0.382 e. The third-order valence-corrected chi connectivity index (χ3v) is 1.81. The molecule has 0 aliphatic carbocycles. The molecule has 0 aliphatic heterocycles. The molecule has 0 saturated carbocycles. The van der Waals surface area contributed by atoms with E-state index in [1.165, 1.54) is 0 Å². The molecule has 0 heterocycles. The van der Waals surface area contributed by atoms with Crippen LogP contribution in [0.1, 0.15) is 6.42 Å².